The SMILES string of the molecule is Cc1ccccc1N(c1ccc2cc3c(cc2c1)oc1c(C)c2c(cc13)oc1cc3cc(N(c4ccccc4C)c4ccccc4C)ccc3cc12)c1ccccc1C. The molecule has 9 aromatic carbocycles. The summed E-state index contributed by atoms with van der Waals surface area (Å²) in [4.78, 5) is 4.73. The van der Waals surface area contributed by atoms with Gasteiger partial charge < -0.3 is 18.6 Å². The Labute approximate surface area is 343 Å². The molecule has 0 aliphatic rings. The van der Waals surface area contributed by atoms with E-state index in [-0.39, 0.29) is 0 Å². The van der Waals surface area contributed by atoms with Crippen molar-refractivity contribution in [3.8, 4) is 0 Å². The van der Waals surface area contributed by atoms with Crippen LogP contribution in [-0.2, 0) is 0 Å². The molecule has 0 amide bonds. The zero-order chi connectivity index (χ0) is 39.9. The van der Waals surface area contributed by atoms with E-state index in [0.29, 0.717) is 0 Å². The van der Waals surface area contributed by atoms with Crippen LogP contribution < -0.4 is 9.80 Å². The minimum atomic E-state index is 0.868. The second-order valence-electron chi connectivity index (χ2n) is 16.0. The number of anilines is 6. The maximum atomic E-state index is 6.80. The van der Waals surface area contributed by atoms with Crippen molar-refractivity contribution in [3.63, 3.8) is 0 Å². The summed E-state index contributed by atoms with van der Waals surface area (Å²) in [7, 11) is 0. The average molecular weight is 763 g/mol. The first-order chi connectivity index (χ1) is 28.8. The summed E-state index contributed by atoms with van der Waals surface area (Å²) in [5, 5.41) is 8.92. The Morgan fingerprint density at radius 1 is 0.339 bits per heavy atom. The lowest BCUT2D eigenvalue weighted by Crippen LogP contribution is -2.12. The molecule has 4 nitrogen and oxygen atoms in total. The third kappa shape index (κ3) is 5.59. The number of furan rings is 2. The molecule has 0 bridgehead atoms. The number of benzene rings is 9. The minimum absolute atomic E-state index is 0.868. The van der Waals surface area contributed by atoms with Crippen molar-refractivity contribution in [2.75, 3.05) is 9.80 Å². The van der Waals surface area contributed by atoms with E-state index in [1.165, 1.54) is 22.3 Å². The fraction of sp³-hybridized carbons (Fsp3) is 0.0909. The van der Waals surface area contributed by atoms with Gasteiger partial charge in [-0.05, 0) is 157 Å². The topological polar surface area (TPSA) is 32.8 Å². The van der Waals surface area contributed by atoms with Gasteiger partial charge in [-0.25, -0.2) is 0 Å². The zero-order valence-corrected chi connectivity index (χ0v) is 33.8. The maximum absolute atomic E-state index is 6.80. The normalized spacial score (nSPS) is 11.8. The highest BCUT2D eigenvalue weighted by molar-refractivity contribution is 6.20. The molecule has 4 heteroatoms. The van der Waals surface area contributed by atoms with Gasteiger partial charge in [-0.15, -0.1) is 0 Å². The molecule has 0 radical (unpaired) electrons. The summed E-state index contributed by atoms with van der Waals surface area (Å²) in [6.07, 6.45) is 0. The Morgan fingerprint density at radius 2 is 0.763 bits per heavy atom. The first-order valence-electron chi connectivity index (χ1n) is 20.3. The van der Waals surface area contributed by atoms with Gasteiger partial charge in [0.25, 0.3) is 0 Å². The van der Waals surface area contributed by atoms with Crippen LogP contribution >= 0.6 is 0 Å². The molecule has 0 saturated heterocycles. The number of fused-ring (bicyclic) bond motifs is 8. The van der Waals surface area contributed by atoms with Crippen LogP contribution in [0.1, 0.15) is 27.8 Å². The average Bonchev–Trinajstić information content (AvgIpc) is 3.79. The van der Waals surface area contributed by atoms with Crippen LogP contribution in [0.4, 0.5) is 34.1 Å². The number of nitrogens with zero attached hydrogens (tertiary/aromatic N) is 2. The van der Waals surface area contributed by atoms with E-state index in [2.05, 4.69) is 208 Å². The minimum Gasteiger partial charge on any atom is -0.456 e. The van der Waals surface area contributed by atoms with E-state index in [0.717, 1.165) is 105 Å². The van der Waals surface area contributed by atoms with Crippen LogP contribution in [0, 0.1) is 34.6 Å². The third-order valence-corrected chi connectivity index (χ3v) is 12.3. The lowest BCUT2D eigenvalue weighted by molar-refractivity contribution is 0.662. The Morgan fingerprint density at radius 3 is 1.22 bits per heavy atom. The summed E-state index contributed by atoms with van der Waals surface area (Å²) < 4.78 is 13.5. The van der Waals surface area contributed by atoms with Crippen LogP contribution in [0.5, 0.6) is 0 Å². The molecular weight excluding hydrogens is 721 g/mol. The molecule has 0 aliphatic heterocycles. The molecule has 2 heterocycles. The molecule has 0 fully saturated rings. The van der Waals surface area contributed by atoms with Gasteiger partial charge in [-0.2, -0.15) is 0 Å². The molecule has 0 aliphatic carbocycles. The van der Waals surface area contributed by atoms with Gasteiger partial charge >= 0.3 is 0 Å². The molecule has 11 rings (SSSR count). The number of para-hydroxylation sites is 4. The molecule has 11 aromatic rings. The van der Waals surface area contributed by atoms with Crippen LogP contribution in [0.15, 0.2) is 173 Å². The Bertz CT molecular complexity index is 3270. The van der Waals surface area contributed by atoms with Crippen LogP contribution in [0.25, 0.3) is 65.4 Å². The van der Waals surface area contributed by atoms with Gasteiger partial charge in [-0.3, -0.25) is 0 Å². The molecule has 0 spiro atoms. The van der Waals surface area contributed by atoms with Crippen LogP contribution in [0.3, 0.4) is 0 Å². The van der Waals surface area contributed by atoms with E-state index in [4.69, 9.17) is 8.83 Å². The predicted octanol–water partition coefficient (Wildman–Crippen LogP) is 16.3. The Balaban J connectivity index is 1.04. The third-order valence-electron chi connectivity index (χ3n) is 12.3. The van der Waals surface area contributed by atoms with Gasteiger partial charge in [0, 0.05) is 61.2 Å². The van der Waals surface area contributed by atoms with Gasteiger partial charge in [-0.1, -0.05) is 84.9 Å². The number of hydrogen-bond donors (Lipinski definition) is 0. The number of hydrogen-bond acceptors (Lipinski definition) is 4. The quantitative estimate of drug-likeness (QED) is 0.169. The van der Waals surface area contributed by atoms with Crippen LogP contribution in [-0.4, -0.2) is 0 Å². The lowest BCUT2D eigenvalue weighted by Gasteiger charge is -2.28. The van der Waals surface area contributed by atoms with E-state index < -0.39 is 0 Å². The lowest BCUT2D eigenvalue weighted by atomic mass is 10.00. The van der Waals surface area contributed by atoms with Gasteiger partial charge in [0.05, 0.1) is 0 Å². The molecule has 59 heavy (non-hydrogen) atoms. The summed E-state index contributed by atoms with van der Waals surface area (Å²) in [5.41, 5.74) is 16.3. The van der Waals surface area contributed by atoms with Gasteiger partial charge in [0.15, 0.2) is 0 Å². The smallest absolute Gasteiger partial charge is 0.139 e. The van der Waals surface area contributed by atoms with Crippen molar-refractivity contribution in [1.29, 1.82) is 0 Å². The molecule has 284 valence electrons. The Hall–Kier alpha value is -7.30. The summed E-state index contributed by atoms with van der Waals surface area (Å²) >= 11 is 0. The van der Waals surface area contributed by atoms with E-state index >= 15 is 0 Å². The van der Waals surface area contributed by atoms with E-state index in [1.807, 2.05) is 0 Å². The van der Waals surface area contributed by atoms with Gasteiger partial charge in [0.2, 0.25) is 0 Å². The van der Waals surface area contributed by atoms with Crippen molar-refractivity contribution in [2.45, 2.75) is 34.6 Å². The molecule has 0 unspecified atom stereocenters. The highest BCUT2D eigenvalue weighted by Gasteiger charge is 2.22. The van der Waals surface area contributed by atoms with Crippen molar-refractivity contribution in [3.05, 3.63) is 192 Å². The first kappa shape index (κ1) is 34.9. The van der Waals surface area contributed by atoms with Gasteiger partial charge in [0.1, 0.15) is 22.3 Å². The Kier molecular flexibility index (Phi) is 7.92. The highest BCUT2D eigenvalue weighted by atomic mass is 16.3. The second-order valence-corrected chi connectivity index (χ2v) is 16.0. The van der Waals surface area contributed by atoms with Crippen molar-refractivity contribution < 1.29 is 8.83 Å². The van der Waals surface area contributed by atoms with Crippen LogP contribution in [0.2, 0.25) is 0 Å². The fourth-order valence-corrected chi connectivity index (χ4v) is 9.20. The highest BCUT2D eigenvalue weighted by Crippen LogP contribution is 2.45. The first-order valence-corrected chi connectivity index (χ1v) is 20.3. The molecule has 0 saturated carbocycles. The largest absolute Gasteiger partial charge is 0.456 e. The standard InChI is InChI=1S/C55H42N2O2/c1-33-14-6-10-18-47(33)56(48-19-11-7-15-34(48)2)42-24-22-38-28-44-45-32-53-54(37(5)55(45)59-51(44)30-40(38)26-42)46-29-39-23-25-43(27-41(39)31-52(46)58-53)57(49-20-12-8-16-35(49)3)50-21-13-9-17-36(50)4/h6-32H,1-5H3. The van der Waals surface area contributed by atoms with E-state index in [9.17, 15) is 0 Å². The molecule has 0 atom stereocenters. The summed E-state index contributed by atoms with van der Waals surface area (Å²) in [6, 6.07) is 58.9. The molecule has 0 N–H and O–H groups in total. The van der Waals surface area contributed by atoms with E-state index in [1.54, 1.807) is 0 Å². The molecular formula is C55H42N2O2. The maximum Gasteiger partial charge on any atom is 0.139 e. The zero-order valence-electron chi connectivity index (χ0n) is 33.8. The summed E-state index contributed by atoms with van der Waals surface area (Å²) in [6.45, 7) is 10.9. The number of aryl methyl sites for hydroxylation is 5. The van der Waals surface area contributed by atoms with Crippen molar-refractivity contribution in [2.24, 2.45) is 0 Å². The summed E-state index contributed by atoms with van der Waals surface area (Å²) in [5.74, 6) is 0. The molecule has 2 aromatic heterocycles. The monoisotopic (exact) mass is 762 g/mol. The fourth-order valence-electron chi connectivity index (χ4n) is 9.20. The second kappa shape index (κ2) is 13.4. The van der Waals surface area contributed by atoms with Crippen molar-refractivity contribution in [1.82, 2.24) is 0 Å². The van der Waals surface area contributed by atoms with Crippen molar-refractivity contribution >= 4 is 99.5 Å². The number of rotatable bonds is 6. The predicted molar refractivity (Wildman–Crippen MR) is 249 cm³/mol.